The van der Waals surface area contributed by atoms with Gasteiger partial charge in [0, 0.05) is 12.6 Å². The minimum absolute atomic E-state index is 0.00845. The van der Waals surface area contributed by atoms with Gasteiger partial charge in [-0.05, 0) is 56.2 Å². The standard InChI is InChI=1S/C24H28N2O5/c1-24(2)23(28)26(19-9-6-5-8-18(19)25-24)14-7-15-31-22(27)13-11-17-10-12-20(29-3)21(16-17)30-4/h5-6,8-13,16,25H,7,14-15H2,1-4H3/b13-11+. The van der Waals surface area contributed by atoms with E-state index >= 15 is 0 Å². The van der Waals surface area contributed by atoms with E-state index in [1.165, 1.54) is 6.08 Å². The van der Waals surface area contributed by atoms with Crippen LogP contribution in [-0.4, -0.2) is 44.8 Å². The number of nitrogens with zero attached hydrogens (tertiary/aromatic N) is 1. The van der Waals surface area contributed by atoms with Gasteiger partial charge in [-0.2, -0.15) is 0 Å². The number of para-hydroxylation sites is 2. The number of fused-ring (bicyclic) bond motifs is 1. The number of methoxy groups -OCH3 is 2. The van der Waals surface area contributed by atoms with Crippen molar-refractivity contribution in [2.45, 2.75) is 25.8 Å². The highest BCUT2D eigenvalue weighted by molar-refractivity contribution is 6.07. The summed E-state index contributed by atoms with van der Waals surface area (Å²) >= 11 is 0. The van der Waals surface area contributed by atoms with Crippen molar-refractivity contribution >= 4 is 29.3 Å². The summed E-state index contributed by atoms with van der Waals surface area (Å²) in [5, 5.41) is 3.27. The summed E-state index contributed by atoms with van der Waals surface area (Å²) in [6.07, 6.45) is 3.56. The predicted molar refractivity (Wildman–Crippen MR) is 121 cm³/mol. The van der Waals surface area contributed by atoms with E-state index in [-0.39, 0.29) is 12.5 Å². The molecule has 0 unspecified atom stereocenters. The van der Waals surface area contributed by atoms with Gasteiger partial charge >= 0.3 is 5.97 Å². The average Bonchev–Trinajstić information content (AvgIpc) is 2.77. The number of carbonyl (C=O) groups excluding carboxylic acids is 2. The first-order valence-electron chi connectivity index (χ1n) is 10.1. The molecule has 3 rings (SSSR count). The Morgan fingerprint density at radius 2 is 1.84 bits per heavy atom. The van der Waals surface area contributed by atoms with Crippen LogP contribution in [0.3, 0.4) is 0 Å². The molecule has 2 aromatic carbocycles. The summed E-state index contributed by atoms with van der Waals surface area (Å²) in [7, 11) is 3.13. The molecule has 0 saturated heterocycles. The van der Waals surface area contributed by atoms with Crippen molar-refractivity contribution in [3.05, 3.63) is 54.1 Å². The van der Waals surface area contributed by atoms with E-state index in [0.29, 0.717) is 24.5 Å². The number of nitrogens with one attached hydrogen (secondary N) is 1. The third-order valence-corrected chi connectivity index (χ3v) is 5.01. The van der Waals surface area contributed by atoms with Gasteiger partial charge in [-0.25, -0.2) is 4.79 Å². The molecule has 1 aliphatic heterocycles. The van der Waals surface area contributed by atoms with E-state index in [1.807, 2.05) is 44.2 Å². The van der Waals surface area contributed by atoms with E-state index in [9.17, 15) is 9.59 Å². The van der Waals surface area contributed by atoms with Crippen molar-refractivity contribution in [1.29, 1.82) is 0 Å². The molecule has 0 fully saturated rings. The maximum Gasteiger partial charge on any atom is 0.330 e. The fourth-order valence-electron chi connectivity index (χ4n) is 3.44. The number of anilines is 2. The van der Waals surface area contributed by atoms with E-state index in [1.54, 1.807) is 37.3 Å². The van der Waals surface area contributed by atoms with Gasteiger partial charge in [0.1, 0.15) is 5.54 Å². The van der Waals surface area contributed by atoms with E-state index in [0.717, 1.165) is 16.9 Å². The highest BCUT2D eigenvalue weighted by Gasteiger charge is 2.38. The van der Waals surface area contributed by atoms with Gasteiger partial charge in [-0.3, -0.25) is 4.79 Å². The third kappa shape index (κ3) is 5.17. The predicted octanol–water partition coefficient (Wildman–Crippen LogP) is 3.89. The molecule has 0 spiro atoms. The van der Waals surface area contributed by atoms with Crippen molar-refractivity contribution in [2.24, 2.45) is 0 Å². The summed E-state index contributed by atoms with van der Waals surface area (Å²) in [4.78, 5) is 26.6. The molecular weight excluding hydrogens is 396 g/mol. The largest absolute Gasteiger partial charge is 0.493 e. The number of amides is 1. The zero-order chi connectivity index (χ0) is 22.4. The van der Waals surface area contributed by atoms with Gasteiger partial charge < -0.3 is 24.4 Å². The van der Waals surface area contributed by atoms with Crippen LogP contribution >= 0.6 is 0 Å². The number of hydrogen-bond acceptors (Lipinski definition) is 6. The lowest BCUT2D eigenvalue weighted by Crippen LogP contribution is -2.54. The Kier molecular flexibility index (Phi) is 6.84. The zero-order valence-corrected chi connectivity index (χ0v) is 18.3. The van der Waals surface area contributed by atoms with Crippen LogP contribution in [-0.2, 0) is 14.3 Å². The summed E-state index contributed by atoms with van der Waals surface area (Å²) < 4.78 is 15.8. The van der Waals surface area contributed by atoms with Crippen LogP contribution in [0, 0.1) is 0 Å². The Balaban J connectivity index is 1.53. The minimum Gasteiger partial charge on any atom is -0.493 e. The second-order valence-electron chi connectivity index (χ2n) is 7.69. The van der Waals surface area contributed by atoms with E-state index in [2.05, 4.69) is 5.32 Å². The molecule has 0 radical (unpaired) electrons. The van der Waals surface area contributed by atoms with Gasteiger partial charge in [0.2, 0.25) is 0 Å². The Morgan fingerprint density at radius 1 is 1.10 bits per heavy atom. The molecule has 1 amide bonds. The minimum atomic E-state index is -0.687. The summed E-state index contributed by atoms with van der Waals surface area (Å²) in [6.45, 7) is 4.40. The van der Waals surface area contributed by atoms with Crippen molar-refractivity contribution < 1.29 is 23.8 Å². The molecule has 2 aromatic rings. The van der Waals surface area contributed by atoms with E-state index in [4.69, 9.17) is 14.2 Å². The van der Waals surface area contributed by atoms with Crippen LogP contribution in [0.25, 0.3) is 6.08 Å². The van der Waals surface area contributed by atoms with Crippen molar-refractivity contribution in [2.75, 3.05) is 37.6 Å². The molecule has 7 nitrogen and oxygen atoms in total. The number of hydrogen-bond donors (Lipinski definition) is 1. The van der Waals surface area contributed by atoms with Crippen LogP contribution in [0.5, 0.6) is 11.5 Å². The molecule has 7 heteroatoms. The smallest absolute Gasteiger partial charge is 0.330 e. The number of ether oxygens (including phenoxy) is 3. The monoisotopic (exact) mass is 424 g/mol. The molecular formula is C24H28N2O5. The summed E-state index contributed by atoms with van der Waals surface area (Å²) in [6, 6.07) is 13.1. The van der Waals surface area contributed by atoms with Gasteiger partial charge in [0.15, 0.2) is 11.5 Å². The third-order valence-electron chi connectivity index (χ3n) is 5.01. The quantitative estimate of drug-likeness (QED) is 0.394. The Labute approximate surface area is 182 Å². The molecule has 0 saturated carbocycles. The maximum absolute atomic E-state index is 12.8. The van der Waals surface area contributed by atoms with Gasteiger partial charge in [0.25, 0.3) is 5.91 Å². The zero-order valence-electron chi connectivity index (χ0n) is 18.3. The van der Waals surface area contributed by atoms with Crippen molar-refractivity contribution in [3.8, 4) is 11.5 Å². The molecule has 31 heavy (non-hydrogen) atoms. The highest BCUT2D eigenvalue weighted by atomic mass is 16.5. The van der Waals surface area contributed by atoms with Crippen LogP contribution < -0.4 is 19.7 Å². The van der Waals surface area contributed by atoms with Crippen LogP contribution in [0.15, 0.2) is 48.5 Å². The Morgan fingerprint density at radius 3 is 2.58 bits per heavy atom. The summed E-state index contributed by atoms with van der Waals surface area (Å²) in [5.41, 5.74) is 1.86. The lowest BCUT2D eigenvalue weighted by atomic mass is 9.98. The first-order chi connectivity index (χ1) is 14.9. The van der Waals surface area contributed by atoms with E-state index < -0.39 is 11.5 Å². The lowest BCUT2D eigenvalue weighted by molar-refractivity contribution is -0.137. The second-order valence-corrected chi connectivity index (χ2v) is 7.69. The number of esters is 1. The highest BCUT2D eigenvalue weighted by Crippen LogP contribution is 2.35. The molecule has 1 N–H and O–H groups in total. The van der Waals surface area contributed by atoms with Crippen LogP contribution in [0.4, 0.5) is 11.4 Å². The first-order valence-corrected chi connectivity index (χ1v) is 10.1. The van der Waals surface area contributed by atoms with Crippen LogP contribution in [0.2, 0.25) is 0 Å². The molecule has 0 bridgehead atoms. The maximum atomic E-state index is 12.8. The molecule has 1 heterocycles. The fraction of sp³-hybridized carbons (Fsp3) is 0.333. The average molecular weight is 424 g/mol. The van der Waals surface area contributed by atoms with Crippen molar-refractivity contribution in [1.82, 2.24) is 0 Å². The van der Waals surface area contributed by atoms with Crippen LogP contribution in [0.1, 0.15) is 25.8 Å². The molecule has 1 aliphatic rings. The number of benzene rings is 2. The SMILES string of the molecule is COc1ccc(/C=C/C(=O)OCCCN2C(=O)C(C)(C)Nc3ccccc32)cc1OC. The Hall–Kier alpha value is -3.48. The number of rotatable bonds is 8. The van der Waals surface area contributed by atoms with Gasteiger partial charge in [0.05, 0.1) is 32.2 Å². The molecule has 164 valence electrons. The van der Waals surface area contributed by atoms with Gasteiger partial charge in [-0.1, -0.05) is 18.2 Å². The molecule has 0 aliphatic carbocycles. The summed E-state index contributed by atoms with van der Waals surface area (Å²) in [5.74, 6) is 0.754. The fourth-order valence-corrected chi connectivity index (χ4v) is 3.44. The van der Waals surface area contributed by atoms with Crippen molar-refractivity contribution in [3.63, 3.8) is 0 Å². The topological polar surface area (TPSA) is 77.1 Å². The lowest BCUT2D eigenvalue weighted by Gasteiger charge is -2.39. The van der Waals surface area contributed by atoms with Gasteiger partial charge in [-0.15, -0.1) is 0 Å². The molecule has 0 atom stereocenters. The molecule has 0 aromatic heterocycles. The second kappa shape index (κ2) is 9.55. The first kappa shape index (κ1) is 22.2. The number of carbonyl (C=O) groups is 2. The Bertz CT molecular complexity index is 984. The normalized spacial score (nSPS) is 14.7.